The molecule has 3 aliphatic carbocycles. The van der Waals surface area contributed by atoms with E-state index in [9.17, 15) is 29.4 Å². The van der Waals surface area contributed by atoms with Crippen LogP contribution in [0.3, 0.4) is 0 Å². The van der Waals surface area contributed by atoms with Gasteiger partial charge in [-0.15, -0.1) is 0 Å². The van der Waals surface area contributed by atoms with Crippen molar-refractivity contribution in [2.24, 2.45) is 0 Å². The van der Waals surface area contributed by atoms with Gasteiger partial charge in [-0.1, -0.05) is 47.8 Å². The summed E-state index contributed by atoms with van der Waals surface area (Å²) in [6.45, 7) is 0. The van der Waals surface area contributed by atoms with Gasteiger partial charge in [0.2, 0.25) is 22.9 Å². The van der Waals surface area contributed by atoms with Crippen LogP contribution in [0.15, 0.2) is 81.7 Å². The smallest absolute Gasteiger partial charge is 0.335 e. The summed E-state index contributed by atoms with van der Waals surface area (Å²) in [6, 6.07) is 6.74. The Morgan fingerprint density at radius 2 is 1.11 bits per heavy atom. The fraction of sp³-hybridized carbons (Fsp3) is 0.0714. The van der Waals surface area contributed by atoms with Crippen LogP contribution in [0, 0.1) is 0 Å². The molecule has 0 radical (unpaired) electrons. The molecule has 5 aliphatic rings. The summed E-state index contributed by atoms with van der Waals surface area (Å²) in [6.07, 6.45) is 9.68. The van der Waals surface area contributed by atoms with E-state index >= 15 is 0 Å². The van der Waals surface area contributed by atoms with Crippen molar-refractivity contribution in [2.45, 2.75) is 20.3 Å². The fourth-order valence-corrected chi connectivity index (χ4v) is 7.90. The minimum Gasteiger partial charge on any atom is -0.478 e. The molecule has 0 saturated carbocycles. The van der Waals surface area contributed by atoms with Crippen LogP contribution in [0.25, 0.3) is 0 Å². The predicted molar refractivity (Wildman–Crippen MR) is 140 cm³/mol. The number of fused-ring (bicyclic) bond motifs is 9. The zero-order valence-electron chi connectivity index (χ0n) is 19.3. The van der Waals surface area contributed by atoms with E-state index in [1.165, 1.54) is 35.7 Å². The van der Waals surface area contributed by atoms with Crippen molar-refractivity contribution in [3.63, 3.8) is 0 Å². The number of carboxylic acids is 2. The van der Waals surface area contributed by atoms with Crippen molar-refractivity contribution in [1.29, 1.82) is 0 Å². The summed E-state index contributed by atoms with van der Waals surface area (Å²) in [5.74, 6) is -2.61. The number of allylic oxidation sites excluding steroid dienone is 2. The number of carbonyl (C=O) groups is 4. The van der Waals surface area contributed by atoms with Crippen LogP contribution < -0.4 is 9.98 Å². The van der Waals surface area contributed by atoms with Gasteiger partial charge in [0.15, 0.2) is 11.4 Å². The lowest BCUT2D eigenvalue weighted by Gasteiger charge is -2.27. The molecule has 2 aromatic carbocycles. The van der Waals surface area contributed by atoms with Gasteiger partial charge in [-0.2, -0.15) is 0 Å². The Kier molecular flexibility index (Phi) is 4.88. The van der Waals surface area contributed by atoms with Gasteiger partial charge in [0, 0.05) is 23.3 Å². The number of hydrogen-bond donors (Lipinski definition) is 4. The second-order valence-corrected chi connectivity index (χ2v) is 11.4. The van der Waals surface area contributed by atoms with Crippen molar-refractivity contribution < 1.29 is 39.4 Å². The number of nitrogens with one attached hydrogen (secondary N) is 2. The molecule has 0 spiro atoms. The number of ketones is 2. The van der Waals surface area contributed by atoms with E-state index in [-0.39, 0.29) is 44.3 Å². The van der Waals surface area contributed by atoms with Gasteiger partial charge in [-0.3, -0.25) is 9.59 Å². The summed E-state index contributed by atoms with van der Waals surface area (Å²) in [5, 5.41) is 18.3. The average molecular weight is 541 g/mol. The number of benzene rings is 2. The van der Waals surface area contributed by atoms with E-state index in [1.54, 1.807) is 48.6 Å². The van der Waals surface area contributed by atoms with Crippen molar-refractivity contribution >= 4 is 69.8 Å². The standard InChI is InChI=1S/C28H14N2O6S2/c31-23-13-3-1-2-4-14(13)24(32)20-19(23)21-25(37-17-9-11(27(33)34)5-7-15(17)29-21)26-22(20)30-16-8-6-12(28(35)36)10-18(16)38-26/h1-10,17-18H,(H,33,34)(H,35,36)/p+2. The number of carbonyl (C=O) groups excluding carboxylic acids is 2. The third-order valence-electron chi connectivity index (χ3n) is 6.96. The van der Waals surface area contributed by atoms with Gasteiger partial charge in [-0.05, 0) is 24.3 Å². The highest BCUT2D eigenvalue weighted by Gasteiger charge is 2.47. The molecule has 38 heavy (non-hydrogen) atoms. The molecule has 2 unspecified atom stereocenters. The van der Waals surface area contributed by atoms with Crippen molar-refractivity contribution in [2.75, 3.05) is 0 Å². The van der Waals surface area contributed by atoms with Crippen LogP contribution in [0.1, 0.15) is 31.8 Å². The molecule has 0 saturated heterocycles. The molecular formula is C28H16N2O6S2+2. The first-order valence-corrected chi connectivity index (χ1v) is 13.4. The lowest BCUT2D eigenvalue weighted by molar-refractivity contribution is -0.365. The zero-order valence-corrected chi connectivity index (χ0v) is 20.9. The quantitative estimate of drug-likeness (QED) is 0.376. The molecular weight excluding hydrogens is 524 g/mol. The minimum absolute atomic E-state index is 0.163. The second kappa shape index (κ2) is 8.11. The van der Waals surface area contributed by atoms with E-state index < -0.39 is 11.9 Å². The van der Waals surface area contributed by atoms with Crippen LogP contribution in [0.2, 0.25) is 0 Å². The summed E-state index contributed by atoms with van der Waals surface area (Å²) >= 11 is 2.80. The zero-order chi connectivity index (χ0) is 26.3. The van der Waals surface area contributed by atoms with Gasteiger partial charge >= 0.3 is 11.9 Å². The highest BCUT2D eigenvalue weighted by molar-refractivity contribution is 8.04. The van der Waals surface area contributed by atoms with E-state index in [0.717, 1.165) is 0 Å². The van der Waals surface area contributed by atoms with Crippen molar-refractivity contribution in [3.8, 4) is 0 Å². The highest BCUT2D eigenvalue weighted by atomic mass is 32.2. The Morgan fingerprint density at radius 1 is 0.684 bits per heavy atom. The second-order valence-electron chi connectivity index (χ2n) is 9.12. The number of thioether (sulfide) groups is 2. The van der Waals surface area contributed by atoms with E-state index in [1.807, 2.05) is 0 Å². The number of aliphatic carboxylic acids is 2. The lowest BCUT2D eigenvalue weighted by Crippen LogP contribution is -2.73. The van der Waals surface area contributed by atoms with Crippen LogP contribution in [-0.2, 0) is 9.59 Å². The van der Waals surface area contributed by atoms with Gasteiger partial charge in [-0.25, -0.2) is 19.6 Å². The van der Waals surface area contributed by atoms with Gasteiger partial charge < -0.3 is 10.2 Å². The molecule has 2 aliphatic heterocycles. The van der Waals surface area contributed by atoms with Gasteiger partial charge in [0.05, 0.1) is 11.1 Å². The molecule has 7 rings (SSSR count). The maximum absolute atomic E-state index is 13.9. The first-order valence-electron chi connectivity index (χ1n) is 11.6. The van der Waals surface area contributed by atoms with Crippen molar-refractivity contribution in [3.05, 3.63) is 94.1 Å². The maximum atomic E-state index is 13.9. The molecule has 0 fully saturated rings. The summed E-state index contributed by atoms with van der Waals surface area (Å²) in [5.41, 5.74) is 3.97. The first-order chi connectivity index (χ1) is 18.3. The Labute approximate surface area is 223 Å². The normalized spacial score (nSPS) is 21.9. The largest absolute Gasteiger partial charge is 0.478 e. The van der Waals surface area contributed by atoms with Gasteiger partial charge in [0.1, 0.15) is 31.4 Å². The topological polar surface area (TPSA) is 137 Å². The van der Waals surface area contributed by atoms with E-state index in [0.29, 0.717) is 43.7 Å². The minimum atomic E-state index is -1.04. The Bertz CT molecular complexity index is 1650. The Balaban J connectivity index is 1.51. The first kappa shape index (κ1) is 22.9. The molecule has 2 heterocycles. The molecule has 0 aromatic heterocycles. The van der Waals surface area contributed by atoms with Crippen molar-refractivity contribution in [1.82, 2.24) is 0 Å². The SMILES string of the molecule is O=C(O)C1=CC2Sc3c(c4c(c5c3SC3C=C(C(=O)O)C=CC3=[NH+]5)C(=O)c3ccccc3C4=O)[NH+]=C2C=C1. The summed E-state index contributed by atoms with van der Waals surface area (Å²) in [4.78, 5) is 59.1. The van der Waals surface area contributed by atoms with Crippen LogP contribution >= 0.6 is 23.5 Å². The lowest BCUT2D eigenvalue weighted by atomic mass is 9.82. The molecule has 8 nitrogen and oxygen atoms in total. The molecule has 10 heteroatoms. The number of rotatable bonds is 2. The molecule has 184 valence electrons. The van der Waals surface area contributed by atoms with Crippen LogP contribution in [0.5, 0.6) is 0 Å². The van der Waals surface area contributed by atoms with Gasteiger partial charge in [0.25, 0.3) is 0 Å². The third-order valence-corrected chi connectivity index (χ3v) is 9.67. The van der Waals surface area contributed by atoms with E-state index in [2.05, 4.69) is 9.98 Å². The van der Waals surface area contributed by atoms with Crippen LogP contribution in [0.4, 0.5) is 11.4 Å². The number of carboxylic acid groups (broad SMARTS) is 2. The predicted octanol–water partition coefficient (Wildman–Crippen LogP) is 0.878. The summed E-state index contributed by atoms with van der Waals surface area (Å²) in [7, 11) is 0. The number of hydrogen-bond acceptors (Lipinski definition) is 6. The average Bonchev–Trinajstić information content (AvgIpc) is 2.92. The Morgan fingerprint density at radius 3 is 1.50 bits per heavy atom. The Hall–Kier alpha value is -4.28. The summed E-state index contributed by atoms with van der Waals surface area (Å²) < 4.78 is 0. The molecule has 0 bridgehead atoms. The monoisotopic (exact) mass is 540 g/mol. The van der Waals surface area contributed by atoms with Crippen LogP contribution in [-0.4, -0.2) is 55.6 Å². The maximum Gasteiger partial charge on any atom is 0.335 e. The molecule has 4 N–H and O–H groups in total. The highest BCUT2D eigenvalue weighted by Crippen LogP contribution is 2.50. The third kappa shape index (κ3) is 3.20. The van der Waals surface area contributed by atoms with E-state index in [4.69, 9.17) is 0 Å². The molecule has 2 aromatic rings. The fourth-order valence-electron chi connectivity index (χ4n) is 5.18. The molecule has 0 amide bonds. The molecule has 2 atom stereocenters.